The Balaban J connectivity index is 0.00000126. The number of ether oxygens (including phenoxy) is 4. The average molecular weight is 371 g/mol. The zero-order valence-corrected chi connectivity index (χ0v) is 15.7. The van der Waals surface area contributed by atoms with Crippen molar-refractivity contribution in [3.8, 4) is 24.3 Å². The number of pyridine rings is 1. The minimum Gasteiger partial charge on any atom is -0.497 e. The van der Waals surface area contributed by atoms with Gasteiger partial charge >= 0.3 is 0 Å². The fourth-order valence-corrected chi connectivity index (χ4v) is 2.72. The van der Waals surface area contributed by atoms with Crippen molar-refractivity contribution in [2.24, 2.45) is 0 Å². The monoisotopic (exact) mass is 371 g/mol. The van der Waals surface area contributed by atoms with Gasteiger partial charge in [-0.15, -0.1) is 12.8 Å². The molecule has 2 aromatic rings. The van der Waals surface area contributed by atoms with Gasteiger partial charge in [-0.25, -0.2) is 0 Å². The van der Waals surface area contributed by atoms with Gasteiger partial charge in [0.25, 0.3) is 5.56 Å². The number of rotatable bonds is 6. The second-order valence-corrected chi connectivity index (χ2v) is 5.98. The molecule has 0 bridgehead atoms. The lowest BCUT2D eigenvalue weighted by Gasteiger charge is -2.23. The van der Waals surface area contributed by atoms with E-state index >= 15 is 0 Å². The van der Waals surface area contributed by atoms with Crippen LogP contribution in [0.5, 0.6) is 11.5 Å². The molecule has 1 aromatic heterocycles. The van der Waals surface area contributed by atoms with Crippen LogP contribution >= 0.6 is 0 Å². The molecule has 27 heavy (non-hydrogen) atoms. The summed E-state index contributed by atoms with van der Waals surface area (Å²) >= 11 is 0. The molecule has 0 radical (unpaired) electrons. The van der Waals surface area contributed by atoms with Crippen molar-refractivity contribution in [3.05, 3.63) is 58.0 Å². The largest absolute Gasteiger partial charge is 0.497 e. The number of hydrogen-bond donors (Lipinski definition) is 0. The summed E-state index contributed by atoms with van der Waals surface area (Å²) in [6.07, 6.45) is 7.91. The standard InChI is InChI=1S/C19H23NO5.C2H2/c1-14-9-17(25-13-18-12-23-7-8-24-18)10-19(21)20(14)11-15-3-5-16(22-2)6-4-15;1-2/h3-6,9-10,18H,7-8,11-13H2,1-2H3;1-2H. The maximum absolute atomic E-state index is 12.4. The normalized spacial score (nSPS) is 16.1. The molecule has 2 heterocycles. The predicted octanol–water partition coefficient (Wildman–Crippen LogP) is 2.26. The second-order valence-electron chi connectivity index (χ2n) is 5.98. The van der Waals surface area contributed by atoms with Gasteiger partial charge in [-0.1, -0.05) is 12.1 Å². The van der Waals surface area contributed by atoms with Gasteiger partial charge in [0.15, 0.2) is 0 Å². The molecule has 1 fully saturated rings. The number of nitrogens with zero attached hydrogens (tertiary/aromatic N) is 1. The van der Waals surface area contributed by atoms with E-state index in [0.717, 1.165) is 17.0 Å². The first-order chi connectivity index (χ1) is 13.2. The lowest BCUT2D eigenvalue weighted by Crippen LogP contribution is -2.33. The molecule has 1 aliphatic heterocycles. The van der Waals surface area contributed by atoms with Crippen LogP contribution < -0.4 is 15.0 Å². The molecule has 0 saturated carbocycles. The zero-order chi connectivity index (χ0) is 19.6. The maximum Gasteiger partial charge on any atom is 0.254 e. The molecule has 144 valence electrons. The molecular weight excluding hydrogens is 346 g/mol. The Morgan fingerprint density at radius 1 is 1.15 bits per heavy atom. The molecule has 6 nitrogen and oxygen atoms in total. The fourth-order valence-electron chi connectivity index (χ4n) is 2.72. The molecule has 6 heteroatoms. The van der Waals surface area contributed by atoms with E-state index < -0.39 is 0 Å². The summed E-state index contributed by atoms with van der Waals surface area (Å²) in [4.78, 5) is 12.4. The summed E-state index contributed by atoms with van der Waals surface area (Å²) in [6.45, 7) is 4.51. The van der Waals surface area contributed by atoms with Crippen molar-refractivity contribution in [1.82, 2.24) is 4.57 Å². The molecule has 1 aliphatic rings. The molecule has 1 unspecified atom stereocenters. The quantitative estimate of drug-likeness (QED) is 0.729. The lowest BCUT2D eigenvalue weighted by molar-refractivity contribution is -0.101. The molecule has 0 aliphatic carbocycles. The Labute approximate surface area is 159 Å². The summed E-state index contributed by atoms with van der Waals surface area (Å²) in [5.74, 6) is 1.35. The van der Waals surface area contributed by atoms with Crippen molar-refractivity contribution >= 4 is 0 Å². The van der Waals surface area contributed by atoms with Gasteiger partial charge in [-0.3, -0.25) is 4.79 Å². The highest BCUT2D eigenvalue weighted by Crippen LogP contribution is 2.15. The first-order valence-corrected chi connectivity index (χ1v) is 8.65. The van der Waals surface area contributed by atoms with Crippen LogP contribution in [-0.2, 0) is 16.0 Å². The van der Waals surface area contributed by atoms with E-state index in [-0.39, 0.29) is 11.7 Å². The second kappa shape index (κ2) is 10.4. The minimum atomic E-state index is -0.0911. The highest BCUT2D eigenvalue weighted by molar-refractivity contribution is 5.29. The third-order valence-corrected chi connectivity index (χ3v) is 4.13. The summed E-state index contributed by atoms with van der Waals surface area (Å²) in [5, 5.41) is 0. The van der Waals surface area contributed by atoms with Crippen molar-refractivity contribution in [3.63, 3.8) is 0 Å². The van der Waals surface area contributed by atoms with E-state index in [1.165, 1.54) is 6.07 Å². The van der Waals surface area contributed by atoms with Crippen LogP contribution in [0, 0.1) is 19.8 Å². The summed E-state index contributed by atoms with van der Waals surface area (Å²) in [7, 11) is 1.63. The Morgan fingerprint density at radius 2 is 1.89 bits per heavy atom. The lowest BCUT2D eigenvalue weighted by atomic mass is 10.2. The Morgan fingerprint density at radius 3 is 2.48 bits per heavy atom. The van der Waals surface area contributed by atoms with E-state index in [1.54, 1.807) is 11.7 Å². The number of hydrogen-bond acceptors (Lipinski definition) is 5. The van der Waals surface area contributed by atoms with Crippen molar-refractivity contribution in [1.29, 1.82) is 0 Å². The van der Waals surface area contributed by atoms with E-state index in [2.05, 4.69) is 12.8 Å². The number of aromatic nitrogens is 1. The van der Waals surface area contributed by atoms with E-state index in [1.807, 2.05) is 37.3 Å². The van der Waals surface area contributed by atoms with Gasteiger partial charge < -0.3 is 23.5 Å². The van der Waals surface area contributed by atoms with Gasteiger partial charge in [0.05, 0.1) is 33.5 Å². The highest BCUT2D eigenvalue weighted by atomic mass is 16.6. The van der Waals surface area contributed by atoms with Gasteiger partial charge in [0.2, 0.25) is 0 Å². The topological polar surface area (TPSA) is 58.9 Å². The first kappa shape index (κ1) is 20.6. The summed E-state index contributed by atoms with van der Waals surface area (Å²) < 4.78 is 23.5. The third kappa shape index (κ3) is 5.88. The SMILES string of the molecule is C#C.COc1ccc(Cn2c(C)cc(OCC3COCCO3)cc2=O)cc1. The van der Waals surface area contributed by atoms with Crippen LogP contribution in [0.3, 0.4) is 0 Å². The minimum absolute atomic E-state index is 0.0872. The van der Waals surface area contributed by atoms with Gasteiger partial charge in [0, 0.05) is 11.8 Å². The van der Waals surface area contributed by atoms with E-state index in [0.29, 0.717) is 38.7 Å². The van der Waals surface area contributed by atoms with Crippen molar-refractivity contribution < 1.29 is 18.9 Å². The van der Waals surface area contributed by atoms with E-state index in [4.69, 9.17) is 18.9 Å². The third-order valence-electron chi connectivity index (χ3n) is 4.13. The molecule has 1 saturated heterocycles. The van der Waals surface area contributed by atoms with Crippen molar-refractivity contribution in [2.45, 2.75) is 19.6 Å². The highest BCUT2D eigenvalue weighted by Gasteiger charge is 2.15. The van der Waals surface area contributed by atoms with Crippen molar-refractivity contribution in [2.75, 3.05) is 33.5 Å². The van der Waals surface area contributed by atoms with Crippen LogP contribution in [0.15, 0.2) is 41.2 Å². The zero-order valence-electron chi connectivity index (χ0n) is 15.7. The number of benzene rings is 1. The fraction of sp³-hybridized carbons (Fsp3) is 0.381. The molecule has 3 rings (SSSR count). The number of methoxy groups -OCH3 is 1. The number of aryl methyl sites for hydroxylation is 1. The maximum atomic E-state index is 12.4. The Bertz CT molecular complexity index is 788. The van der Waals surface area contributed by atoms with Crippen LogP contribution in [0.1, 0.15) is 11.3 Å². The molecular formula is C21H25NO5. The van der Waals surface area contributed by atoms with E-state index in [9.17, 15) is 4.79 Å². The smallest absolute Gasteiger partial charge is 0.254 e. The van der Waals surface area contributed by atoms with Gasteiger partial charge in [-0.05, 0) is 30.7 Å². The molecule has 0 N–H and O–H groups in total. The van der Waals surface area contributed by atoms with Gasteiger partial charge in [-0.2, -0.15) is 0 Å². The van der Waals surface area contributed by atoms with Crippen LogP contribution in [0.4, 0.5) is 0 Å². The molecule has 0 amide bonds. The van der Waals surface area contributed by atoms with Crippen LogP contribution in [-0.4, -0.2) is 44.2 Å². The molecule has 1 atom stereocenters. The van der Waals surface area contributed by atoms with Crippen LogP contribution in [0.25, 0.3) is 0 Å². The average Bonchev–Trinajstić information content (AvgIpc) is 2.72. The molecule has 0 spiro atoms. The summed E-state index contributed by atoms with van der Waals surface area (Å²) in [5.41, 5.74) is 1.79. The summed E-state index contributed by atoms with van der Waals surface area (Å²) in [6, 6.07) is 11.1. The Kier molecular flexibility index (Phi) is 7.93. The molecule has 1 aromatic carbocycles. The Hall–Kier alpha value is -2.75. The van der Waals surface area contributed by atoms with Crippen LogP contribution in [0.2, 0.25) is 0 Å². The van der Waals surface area contributed by atoms with Gasteiger partial charge in [0.1, 0.15) is 24.2 Å². The first-order valence-electron chi connectivity index (χ1n) is 8.65. The predicted molar refractivity (Wildman–Crippen MR) is 103 cm³/mol. The number of terminal acetylenes is 1.